The van der Waals surface area contributed by atoms with Gasteiger partial charge in [0.2, 0.25) is 0 Å². The Kier molecular flexibility index (Phi) is 9.54. The number of fused-ring (bicyclic) bond motifs is 1. The van der Waals surface area contributed by atoms with Gasteiger partial charge in [0.15, 0.2) is 0 Å². The van der Waals surface area contributed by atoms with Crippen molar-refractivity contribution in [3.63, 3.8) is 0 Å². The van der Waals surface area contributed by atoms with Crippen molar-refractivity contribution in [1.29, 1.82) is 0 Å². The molecule has 2 N–H and O–H groups in total. The highest BCUT2D eigenvalue weighted by molar-refractivity contribution is 7.23. The molecule has 0 saturated heterocycles. The molecule has 1 unspecified atom stereocenters. The number of carbonyl (C=O) groups is 2. The molecule has 194 valence electrons. The van der Waals surface area contributed by atoms with E-state index in [4.69, 9.17) is 4.98 Å². The second-order valence-corrected chi connectivity index (χ2v) is 12.1. The number of ketones is 1. The van der Waals surface area contributed by atoms with Crippen molar-refractivity contribution in [1.82, 2.24) is 9.97 Å². The number of carbonyl (C=O) groups excluding carboxylic acids is 2. The molecule has 0 bridgehead atoms. The second kappa shape index (κ2) is 12.8. The minimum atomic E-state index is -0.541. The predicted molar refractivity (Wildman–Crippen MR) is 152 cm³/mol. The van der Waals surface area contributed by atoms with Crippen molar-refractivity contribution < 1.29 is 9.59 Å². The van der Waals surface area contributed by atoms with E-state index in [1.807, 2.05) is 6.20 Å². The standard InChI is InChI=1S/C29H39N3O2S2/c1-4-7-9-10-11-12-14-24-30-18-23(36-24)21-15-16-22(35-21)25-20(17-19(6-3)13-8-5-2)31-27-26(25)32-29(34)28(27)33/h15-16,18-19,31H,4-14,17H2,1-3H3,(H,32,33,34). The molecule has 3 aromatic heterocycles. The summed E-state index contributed by atoms with van der Waals surface area (Å²) in [6.45, 7) is 6.71. The molecular weight excluding hydrogens is 486 g/mol. The Morgan fingerprint density at radius 3 is 2.42 bits per heavy atom. The molecule has 1 aliphatic rings. The molecule has 0 spiro atoms. The van der Waals surface area contributed by atoms with Crippen LogP contribution in [0.15, 0.2) is 18.3 Å². The van der Waals surface area contributed by atoms with Crippen LogP contribution in [0.4, 0.5) is 5.69 Å². The monoisotopic (exact) mass is 525 g/mol. The predicted octanol–water partition coefficient (Wildman–Crippen LogP) is 8.66. The highest BCUT2D eigenvalue weighted by Crippen LogP contribution is 2.45. The number of hydrogen-bond acceptors (Lipinski definition) is 5. The number of thiophene rings is 1. The van der Waals surface area contributed by atoms with Crippen molar-refractivity contribution in [2.24, 2.45) is 5.92 Å². The second-order valence-electron chi connectivity index (χ2n) is 9.93. The van der Waals surface area contributed by atoms with Gasteiger partial charge in [-0.25, -0.2) is 4.98 Å². The minimum absolute atomic E-state index is 0.421. The smallest absolute Gasteiger partial charge is 0.298 e. The van der Waals surface area contributed by atoms with E-state index in [0.29, 0.717) is 17.3 Å². The fourth-order valence-corrected chi connectivity index (χ4v) is 7.11. The van der Waals surface area contributed by atoms with Crippen molar-refractivity contribution in [3.05, 3.63) is 34.7 Å². The summed E-state index contributed by atoms with van der Waals surface area (Å²) in [6, 6.07) is 4.28. The number of aromatic nitrogens is 2. The topological polar surface area (TPSA) is 74.8 Å². The van der Waals surface area contributed by atoms with E-state index >= 15 is 0 Å². The first-order valence-electron chi connectivity index (χ1n) is 13.7. The van der Waals surface area contributed by atoms with Crippen LogP contribution in [-0.2, 0) is 17.6 Å². The number of nitrogens with zero attached hydrogens (tertiary/aromatic N) is 1. The molecule has 1 amide bonds. The van der Waals surface area contributed by atoms with Crippen LogP contribution in [0.1, 0.15) is 106 Å². The zero-order valence-electron chi connectivity index (χ0n) is 21.9. The number of aryl methyl sites for hydroxylation is 1. The number of nitrogens with one attached hydrogen (secondary N) is 2. The van der Waals surface area contributed by atoms with E-state index in [9.17, 15) is 9.59 Å². The molecule has 0 radical (unpaired) electrons. The summed E-state index contributed by atoms with van der Waals surface area (Å²) >= 11 is 3.50. The van der Waals surface area contributed by atoms with E-state index in [1.165, 1.54) is 72.5 Å². The summed E-state index contributed by atoms with van der Waals surface area (Å²) in [5.74, 6) is -0.447. The first-order chi connectivity index (χ1) is 17.5. The summed E-state index contributed by atoms with van der Waals surface area (Å²) in [5.41, 5.74) is 3.14. The maximum Gasteiger partial charge on any atom is 0.298 e. The van der Waals surface area contributed by atoms with Crippen molar-refractivity contribution in [2.75, 3.05) is 5.32 Å². The van der Waals surface area contributed by atoms with Gasteiger partial charge in [-0.05, 0) is 37.3 Å². The number of amides is 1. The summed E-state index contributed by atoms with van der Waals surface area (Å²) in [7, 11) is 0. The Morgan fingerprint density at radius 2 is 1.64 bits per heavy atom. The van der Waals surface area contributed by atoms with Crippen molar-refractivity contribution in [3.8, 4) is 20.2 Å². The third-order valence-electron chi connectivity index (χ3n) is 7.18. The molecule has 0 aromatic carbocycles. The molecule has 1 atom stereocenters. The zero-order chi connectivity index (χ0) is 25.5. The normalized spacial score (nSPS) is 13.9. The molecular formula is C29H39N3O2S2. The molecule has 36 heavy (non-hydrogen) atoms. The number of thiazole rings is 1. The van der Waals surface area contributed by atoms with Gasteiger partial charge < -0.3 is 10.3 Å². The van der Waals surface area contributed by atoms with E-state index < -0.39 is 11.7 Å². The first-order valence-corrected chi connectivity index (χ1v) is 15.3. The lowest BCUT2D eigenvalue weighted by molar-refractivity contribution is -0.112. The lowest BCUT2D eigenvalue weighted by atomic mass is 9.93. The van der Waals surface area contributed by atoms with Gasteiger partial charge in [0, 0.05) is 27.2 Å². The fraction of sp³-hybridized carbons (Fsp3) is 0.552. The quantitative estimate of drug-likeness (QED) is 0.154. The molecule has 4 heterocycles. The van der Waals surface area contributed by atoms with Gasteiger partial charge in [-0.2, -0.15) is 0 Å². The fourth-order valence-electron chi connectivity index (χ4n) is 4.99. The van der Waals surface area contributed by atoms with Crippen LogP contribution in [0.2, 0.25) is 0 Å². The minimum Gasteiger partial charge on any atom is -0.353 e. The Balaban J connectivity index is 1.52. The summed E-state index contributed by atoms with van der Waals surface area (Å²) < 4.78 is 0. The van der Waals surface area contributed by atoms with Crippen LogP contribution in [-0.4, -0.2) is 21.7 Å². The van der Waals surface area contributed by atoms with Gasteiger partial charge in [-0.3, -0.25) is 9.59 Å². The number of H-pyrrole nitrogens is 1. The largest absolute Gasteiger partial charge is 0.353 e. The van der Waals surface area contributed by atoms with E-state index in [1.54, 1.807) is 22.7 Å². The average Bonchev–Trinajstić information content (AvgIpc) is 3.65. The Bertz CT molecular complexity index is 1170. The highest BCUT2D eigenvalue weighted by Gasteiger charge is 2.35. The summed E-state index contributed by atoms with van der Waals surface area (Å²) in [4.78, 5) is 36.1. The summed E-state index contributed by atoms with van der Waals surface area (Å²) in [6.07, 6.45) is 16.4. The van der Waals surface area contributed by atoms with E-state index in [0.717, 1.165) is 35.4 Å². The maximum atomic E-state index is 12.5. The first kappa shape index (κ1) is 26.8. The van der Waals surface area contributed by atoms with Gasteiger partial charge in [0.05, 0.1) is 15.6 Å². The molecule has 0 fully saturated rings. The average molecular weight is 526 g/mol. The van der Waals surface area contributed by atoms with E-state index in [-0.39, 0.29) is 0 Å². The van der Waals surface area contributed by atoms with Gasteiger partial charge in [-0.15, -0.1) is 22.7 Å². The van der Waals surface area contributed by atoms with Crippen LogP contribution in [0.25, 0.3) is 20.2 Å². The zero-order valence-corrected chi connectivity index (χ0v) is 23.5. The number of aromatic amines is 1. The van der Waals surface area contributed by atoms with E-state index in [2.05, 4.69) is 43.2 Å². The van der Waals surface area contributed by atoms with Crippen molar-refractivity contribution in [2.45, 2.75) is 97.8 Å². The molecule has 3 aromatic rings. The number of unbranched alkanes of at least 4 members (excludes halogenated alkanes) is 6. The van der Waals surface area contributed by atoms with Gasteiger partial charge >= 0.3 is 0 Å². The van der Waals surface area contributed by atoms with Gasteiger partial charge in [0.25, 0.3) is 11.7 Å². The molecule has 5 nitrogen and oxygen atoms in total. The third kappa shape index (κ3) is 6.17. The van der Waals surface area contributed by atoms with Crippen LogP contribution < -0.4 is 5.32 Å². The number of rotatable bonds is 15. The maximum absolute atomic E-state index is 12.5. The Morgan fingerprint density at radius 1 is 0.889 bits per heavy atom. The number of hydrogen-bond donors (Lipinski definition) is 2. The highest BCUT2D eigenvalue weighted by atomic mass is 32.1. The van der Waals surface area contributed by atoms with Gasteiger partial charge in [0.1, 0.15) is 5.69 Å². The molecule has 0 aliphatic carbocycles. The number of anilines is 1. The summed E-state index contributed by atoms with van der Waals surface area (Å²) in [5, 5.41) is 4.05. The van der Waals surface area contributed by atoms with Crippen LogP contribution in [0.3, 0.4) is 0 Å². The Hall–Kier alpha value is -2.25. The third-order valence-corrected chi connectivity index (χ3v) is 9.53. The molecule has 0 saturated carbocycles. The van der Waals surface area contributed by atoms with Crippen LogP contribution >= 0.6 is 22.7 Å². The van der Waals surface area contributed by atoms with Crippen molar-refractivity contribution >= 4 is 40.1 Å². The molecule has 4 rings (SSSR count). The lowest BCUT2D eigenvalue weighted by Gasteiger charge is -2.15. The van der Waals surface area contributed by atoms with Crippen LogP contribution in [0, 0.1) is 5.92 Å². The van der Waals surface area contributed by atoms with Crippen LogP contribution in [0.5, 0.6) is 0 Å². The lowest BCUT2D eigenvalue weighted by Crippen LogP contribution is -2.15. The SMILES string of the molecule is CCCCCCCCc1ncc(-c2ccc(-c3c(CC(CC)CCCC)[nH]c4c3NC(=O)C4=O)s2)s1. The molecule has 7 heteroatoms. The number of Topliss-reactive ketones (excluding diaryl/α,β-unsaturated/α-hetero) is 1. The molecule has 1 aliphatic heterocycles. The Labute approximate surface area is 223 Å². The van der Waals surface area contributed by atoms with Gasteiger partial charge in [-0.1, -0.05) is 78.6 Å².